The van der Waals surface area contributed by atoms with Crippen molar-refractivity contribution in [2.24, 2.45) is 0 Å². The SMILES string of the molecule is CCOC(=O)c1c(NC(=S)NCCN(C)C)sc2c1CCCCCC2. The van der Waals surface area contributed by atoms with Gasteiger partial charge in [-0.25, -0.2) is 4.79 Å². The number of carbonyl (C=O) groups is 1. The van der Waals surface area contributed by atoms with Crippen molar-refractivity contribution in [2.75, 3.05) is 39.1 Å². The molecule has 0 amide bonds. The first kappa shape index (κ1) is 20.1. The maximum Gasteiger partial charge on any atom is 0.341 e. The summed E-state index contributed by atoms with van der Waals surface area (Å²) in [5.41, 5.74) is 1.86. The lowest BCUT2D eigenvalue weighted by Gasteiger charge is -2.14. The molecule has 2 rings (SSSR count). The fourth-order valence-electron chi connectivity index (χ4n) is 2.97. The van der Waals surface area contributed by atoms with Crippen LogP contribution in [0.5, 0.6) is 0 Å². The number of hydrogen-bond donors (Lipinski definition) is 2. The number of thiophene rings is 1. The van der Waals surface area contributed by atoms with Gasteiger partial charge < -0.3 is 20.3 Å². The van der Waals surface area contributed by atoms with Gasteiger partial charge in [0, 0.05) is 18.0 Å². The minimum atomic E-state index is -0.237. The molecule has 2 N–H and O–H groups in total. The van der Waals surface area contributed by atoms with Crippen LogP contribution in [0.15, 0.2) is 0 Å². The Labute approximate surface area is 160 Å². The van der Waals surface area contributed by atoms with E-state index in [1.165, 1.54) is 29.7 Å². The molecule has 0 atom stereocenters. The Balaban J connectivity index is 2.18. The highest BCUT2D eigenvalue weighted by molar-refractivity contribution is 7.80. The fourth-order valence-corrected chi connectivity index (χ4v) is 4.52. The summed E-state index contributed by atoms with van der Waals surface area (Å²) in [7, 11) is 4.05. The summed E-state index contributed by atoms with van der Waals surface area (Å²) in [5, 5.41) is 7.82. The second kappa shape index (κ2) is 10.1. The zero-order valence-electron chi connectivity index (χ0n) is 15.4. The normalized spacial score (nSPS) is 14.4. The lowest BCUT2D eigenvalue weighted by molar-refractivity contribution is 0.0526. The minimum absolute atomic E-state index is 0.237. The van der Waals surface area contributed by atoms with Gasteiger partial charge in [-0.2, -0.15) is 0 Å². The molecule has 1 aromatic heterocycles. The first-order chi connectivity index (χ1) is 12.0. The van der Waals surface area contributed by atoms with Crippen LogP contribution in [0.25, 0.3) is 0 Å². The van der Waals surface area contributed by atoms with Crippen LogP contribution in [0.3, 0.4) is 0 Å². The Morgan fingerprint density at radius 2 is 1.96 bits per heavy atom. The number of likely N-dealkylation sites (N-methyl/N-ethyl adjacent to an activating group) is 1. The van der Waals surface area contributed by atoms with Crippen molar-refractivity contribution in [1.82, 2.24) is 10.2 Å². The zero-order chi connectivity index (χ0) is 18.2. The third kappa shape index (κ3) is 5.94. The average Bonchev–Trinajstić information content (AvgIpc) is 2.83. The Morgan fingerprint density at radius 1 is 1.24 bits per heavy atom. The molecule has 0 bridgehead atoms. The molecular formula is C18H29N3O2S2. The van der Waals surface area contributed by atoms with E-state index in [0.29, 0.717) is 17.3 Å². The predicted octanol–water partition coefficient (Wildman–Crippen LogP) is 3.43. The van der Waals surface area contributed by atoms with Gasteiger partial charge in [-0.15, -0.1) is 11.3 Å². The van der Waals surface area contributed by atoms with E-state index in [2.05, 4.69) is 15.5 Å². The molecule has 5 nitrogen and oxygen atoms in total. The molecule has 0 fully saturated rings. The van der Waals surface area contributed by atoms with Crippen LogP contribution in [0.2, 0.25) is 0 Å². The topological polar surface area (TPSA) is 53.6 Å². The standard InChI is InChI=1S/C18H29N3O2S2/c1-4-23-17(22)15-13-9-7-5-6-8-10-14(13)25-16(15)20-18(24)19-11-12-21(2)3/h4-12H2,1-3H3,(H2,19,20,24). The van der Waals surface area contributed by atoms with Gasteiger partial charge in [-0.05, 0) is 64.5 Å². The first-order valence-electron chi connectivity index (χ1n) is 9.04. The van der Waals surface area contributed by atoms with Gasteiger partial charge in [0.25, 0.3) is 0 Å². The number of aryl methyl sites for hydroxylation is 1. The molecule has 0 saturated heterocycles. The highest BCUT2D eigenvalue weighted by atomic mass is 32.1. The summed E-state index contributed by atoms with van der Waals surface area (Å²) in [5.74, 6) is -0.237. The highest BCUT2D eigenvalue weighted by Crippen LogP contribution is 2.37. The number of anilines is 1. The number of nitrogens with one attached hydrogen (secondary N) is 2. The maximum absolute atomic E-state index is 12.6. The second-order valence-corrected chi connectivity index (χ2v) is 8.04. The van der Waals surface area contributed by atoms with Crippen molar-refractivity contribution in [3.8, 4) is 0 Å². The smallest absolute Gasteiger partial charge is 0.341 e. The summed E-state index contributed by atoms with van der Waals surface area (Å²) in [6, 6.07) is 0. The van der Waals surface area contributed by atoms with Gasteiger partial charge in [-0.3, -0.25) is 0 Å². The van der Waals surface area contributed by atoms with Crippen LogP contribution >= 0.6 is 23.6 Å². The van der Waals surface area contributed by atoms with Crippen LogP contribution in [0.4, 0.5) is 5.00 Å². The minimum Gasteiger partial charge on any atom is -0.462 e. The van der Waals surface area contributed by atoms with Gasteiger partial charge in [0.05, 0.1) is 12.2 Å². The molecule has 0 aliphatic heterocycles. The van der Waals surface area contributed by atoms with Crippen LogP contribution < -0.4 is 10.6 Å². The molecule has 1 aromatic rings. The molecule has 0 saturated carbocycles. The van der Waals surface area contributed by atoms with Crippen LogP contribution in [0, 0.1) is 0 Å². The Kier molecular flexibility index (Phi) is 8.12. The number of rotatable bonds is 6. The third-order valence-corrected chi connectivity index (χ3v) is 5.68. The molecule has 1 aliphatic carbocycles. The molecular weight excluding hydrogens is 354 g/mol. The molecule has 140 valence electrons. The van der Waals surface area contributed by atoms with Crippen molar-refractivity contribution in [3.63, 3.8) is 0 Å². The fraction of sp³-hybridized carbons (Fsp3) is 0.667. The second-order valence-electron chi connectivity index (χ2n) is 6.53. The van der Waals surface area contributed by atoms with Crippen molar-refractivity contribution >= 4 is 39.6 Å². The lowest BCUT2D eigenvalue weighted by Crippen LogP contribution is -2.34. The average molecular weight is 384 g/mol. The van der Waals surface area contributed by atoms with Crippen molar-refractivity contribution in [2.45, 2.75) is 45.4 Å². The molecule has 0 unspecified atom stereocenters. The summed E-state index contributed by atoms with van der Waals surface area (Å²) >= 11 is 7.06. The van der Waals surface area contributed by atoms with E-state index in [1.807, 2.05) is 21.0 Å². The summed E-state index contributed by atoms with van der Waals surface area (Å²) in [6.07, 6.45) is 6.78. The number of fused-ring (bicyclic) bond motifs is 1. The summed E-state index contributed by atoms with van der Waals surface area (Å²) in [4.78, 5) is 16.0. The number of esters is 1. The van der Waals surface area contributed by atoms with Gasteiger partial charge in [0.15, 0.2) is 5.11 Å². The zero-order valence-corrected chi connectivity index (χ0v) is 17.1. The van der Waals surface area contributed by atoms with Crippen LogP contribution in [0.1, 0.15) is 53.4 Å². The maximum atomic E-state index is 12.6. The van der Waals surface area contributed by atoms with Crippen molar-refractivity contribution < 1.29 is 9.53 Å². The number of ether oxygens (including phenoxy) is 1. The van der Waals surface area contributed by atoms with E-state index in [-0.39, 0.29) is 5.97 Å². The quantitative estimate of drug-likeness (QED) is 0.580. The first-order valence-corrected chi connectivity index (χ1v) is 10.3. The van der Waals surface area contributed by atoms with Crippen molar-refractivity contribution in [3.05, 3.63) is 16.0 Å². The third-order valence-electron chi connectivity index (χ3n) is 4.22. The van der Waals surface area contributed by atoms with E-state index in [4.69, 9.17) is 17.0 Å². The molecule has 7 heteroatoms. The Bertz CT molecular complexity index is 599. The van der Waals surface area contributed by atoms with Gasteiger partial charge in [-0.1, -0.05) is 12.8 Å². The Hall–Kier alpha value is -1.18. The highest BCUT2D eigenvalue weighted by Gasteiger charge is 2.25. The number of nitrogens with zero attached hydrogens (tertiary/aromatic N) is 1. The number of hydrogen-bond acceptors (Lipinski definition) is 5. The monoisotopic (exact) mass is 383 g/mol. The van der Waals surface area contributed by atoms with Crippen molar-refractivity contribution in [1.29, 1.82) is 0 Å². The number of thiocarbonyl (C=S) groups is 1. The van der Waals surface area contributed by atoms with E-state index in [1.54, 1.807) is 11.3 Å². The van der Waals surface area contributed by atoms with E-state index >= 15 is 0 Å². The molecule has 0 radical (unpaired) electrons. The van der Waals surface area contributed by atoms with E-state index in [0.717, 1.165) is 37.4 Å². The number of carbonyl (C=O) groups excluding carboxylic acids is 1. The molecule has 0 spiro atoms. The van der Waals surface area contributed by atoms with Crippen LogP contribution in [-0.4, -0.2) is 49.8 Å². The molecule has 25 heavy (non-hydrogen) atoms. The largest absolute Gasteiger partial charge is 0.462 e. The van der Waals surface area contributed by atoms with E-state index in [9.17, 15) is 4.79 Å². The molecule has 1 heterocycles. The van der Waals surface area contributed by atoms with Gasteiger partial charge in [0.1, 0.15) is 5.00 Å². The summed E-state index contributed by atoms with van der Waals surface area (Å²) < 4.78 is 5.32. The van der Waals surface area contributed by atoms with Gasteiger partial charge in [0.2, 0.25) is 0 Å². The van der Waals surface area contributed by atoms with Gasteiger partial charge >= 0.3 is 5.97 Å². The summed E-state index contributed by atoms with van der Waals surface area (Å²) in [6.45, 7) is 3.88. The Morgan fingerprint density at radius 3 is 2.64 bits per heavy atom. The van der Waals surface area contributed by atoms with Crippen LogP contribution in [-0.2, 0) is 17.6 Å². The van der Waals surface area contributed by atoms with E-state index < -0.39 is 0 Å². The lowest BCUT2D eigenvalue weighted by atomic mass is 9.96. The molecule has 0 aromatic carbocycles. The predicted molar refractivity (Wildman–Crippen MR) is 109 cm³/mol. The molecule has 1 aliphatic rings.